The number of ketones is 1. The number of carbonyl (C=O) groups is 1. The predicted molar refractivity (Wildman–Crippen MR) is 78.9 cm³/mol. The van der Waals surface area contributed by atoms with Gasteiger partial charge in [0.05, 0.1) is 17.6 Å². The molecule has 108 valence electrons. The zero-order valence-electron chi connectivity index (χ0n) is 11.8. The first kappa shape index (κ1) is 14.7. The summed E-state index contributed by atoms with van der Waals surface area (Å²) >= 11 is 0. The third-order valence-electron chi connectivity index (χ3n) is 3.17. The molecule has 21 heavy (non-hydrogen) atoms. The molecule has 0 aromatic heterocycles. The SMILES string of the molecule is COc1ccc(C)cc1C(=O)Cc1ccc([N+](=O)[O-])cc1. The summed E-state index contributed by atoms with van der Waals surface area (Å²) in [5.74, 6) is 0.455. The highest BCUT2D eigenvalue weighted by Gasteiger charge is 2.14. The number of rotatable bonds is 5. The zero-order chi connectivity index (χ0) is 15.4. The Kier molecular flexibility index (Phi) is 4.33. The number of hydrogen-bond donors (Lipinski definition) is 0. The molecule has 0 saturated carbocycles. The largest absolute Gasteiger partial charge is 0.496 e. The fraction of sp³-hybridized carbons (Fsp3) is 0.188. The van der Waals surface area contributed by atoms with Gasteiger partial charge in [0.2, 0.25) is 0 Å². The molecule has 5 nitrogen and oxygen atoms in total. The first-order valence-corrected chi connectivity index (χ1v) is 6.42. The Morgan fingerprint density at radius 1 is 1.19 bits per heavy atom. The van der Waals surface area contributed by atoms with Crippen molar-refractivity contribution in [1.29, 1.82) is 0 Å². The summed E-state index contributed by atoms with van der Waals surface area (Å²) in [5, 5.41) is 10.6. The van der Waals surface area contributed by atoms with Crippen molar-refractivity contribution in [3.05, 3.63) is 69.3 Å². The second-order valence-electron chi connectivity index (χ2n) is 4.73. The van der Waals surface area contributed by atoms with Gasteiger partial charge < -0.3 is 4.74 Å². The van der Waals surface area contributed by atoms with E-state index in [0.29, 0.717) is 11.3 Å². The maximum atomic E-state index is 12.4. The van der Waals surface area contributed by atoms with Crippen LogP contribution >= 0.6 is 0 Å². The summed E-state index contributed by atoms with van der Waals surface area (Å²) in [4.78, 5) is 22.5. The number of benzene rings is 2. The lowest BCUT2D eigenvalue weighted by Gasteiger charge is -2.08. The monoisotopic (exact) mass is 285 g/mol. The number of methoxy groups -OCH3 is 1. The molecule has 0 atom stereocenters. The van der Waals surface area contributed by atoms with Gasteiger partial charge in [-0.15, -0.1) is 0 Å². The quantitative estimate of drug-likeness (QED) is 0.480. The van der Waals surface area contributed by atoms with Crippen molar-refractivity contribution in [2.75, 3.05) is 7.11 Å². The number of Topliss-reactive ketones (excluding diaryl/α,β-unsaturated/α-hetero) is 1. The third kappa shape index (κ3) is 3.45. The average molecular weight is 285 g/mol. The van der Waals surface area contributed by atoms with Crippen molar-refractivity contribution in [3.63, 3.8) is 0 Å². The van der Waals surface area contributed by atoms with E-state index in [1.807, 2.05) is 13.0 Å². The van der Waals surface area contributed by atoms with Gasteiger partial charge in [-0.05, 0) is 24.6 Å². The smallest absolute Gasteiger partial charge is 0.269 e. The molecule has 0 spiro atoms. The van der Waals surface area contributed by atoms with Crippen LogP contribution in [0.4, 0.5) is 5.69 Å². The van der Waals surface area contributed by atoms with Crippen molar-refractivity contribution >= 4 is 11.5 Å². The minimum Gasteiger partial charge on any atom is -0.496 e. The van der Waals surface area contributed by atoms with Crippen LogP contribution in [0.5, 0.6) is 5.75 Å². The first-order valence-electron chi connectivity index (χ1n) is 6.42. The Morgan fingerprint density at radius 3 is 2.43 bits per heavy atom. The predicted octanol–water partition coefficient (Wildman–Crippen LogP) is 3.34. The molecule has 0 heterocycles. The molecule has 0 fully saturated rings. The molecule has 0 bridgehead atoms. The molecule has 5 heteroatoms. The Bertz CT molecular complexity index is 677. The van der Waals surface area contributed by atoms with E-state index in [9.17, 15) is 14.9 Å². The molecule has 0 aliphatic heterocycles. The first-order chi connectivity index (χ1) is 10.0. The van der Waals surface area contributed by atoms with E-state index in [0.717, 1.165) is 11.1 Å². The number of non-ortho nitro benzene ring substituents is 1. The normalized spacial score (nSPS) is 10.2. The van der Waals surface area contributed by atoms with Crippen molar-refractivity contribution < 1.29 is 14.5 Å². The van der Waals surface area contributed by atoms with Crippen LogP contribution in [0.2, 0.25) is 0 Å². The van der Waals surface area contributed by atoms with E-state index < -0.39 is 4.92 Å². The van der Waals surface area contributed by atoms with E-state index in [1.54, 1.807) is 24.3 Å². The van der Waals surface area contributed by atoms with Crippen LogP contribution in [0.3, 0.4) is 0 Å². The van der Waals surface area contributed by atoms with Crippen molar-refractivity contribution in [1.82, 2.24) is 0 Å². The molecular weight excluding hydrogens is 270 g/mol. The minimum absolute atomic E-state index is 0.0133. The second kappa shape index (κ2) is 6.17. The lowest BCUT2D eigenvalue weighted by molar-refractivity contribution is -0.384. The van der Waals surface area contributed by atoms with Crippen molar-refractivity contribution in [3.8, 4) is 5.75 Å². The Hall–Kier alpha value is -2.69. The van der Waals surface area contributed by atoms with Gasteiger partial charge >= 0.3 is 0 Å². The standard InChI is InChI=1S/C16H15NO4/c1-11-3-8-16(21-2)14(9-11)15(18)10-12-4-6-13(7-5-12)17(19)20/h3-9H,10H2,1-2H3. The number of nitrogens with zero attached hydrogens (tertiary/aromatic N) is 1. The van der Waals surface area contributed by atoms with Gasteiger partial charge in [-0.3, -0.25) is 14.9 Å². The number of nitro groups is 1. The maximum Gasteiger partial charge on any atom is 0.269 e. The highest BCUT2D eigenvalue weighted by atomic mass is 16.6. The van der Waals surface area contributed by atoms with Gasteiger partial charge in [-0.1, -0.05) is 23.8 Å². The van der Waals surface area contributed by atoms with E-state index in [4.69, 9.17) is 4.74 Å². The lowest BCUT2D eigenvalue weighted by atomic mass is 10.0. The number of nitro benzene ring substituents is 1. The number of aryl methyl sites for hydroxylation is 1. The summed E-state index contributed by atoms with van der Waals surface area (Å²) in [5.41, 5.74) is 2.24. The van der Waals surface area contributed by atoms with E-state index >= 15 is 0 Å². The van der Waals surface area contributed by atoms with Crippen LogP contribution in [-0.4, -0.2) is 17.8 Å². The van der Waals surface area contributed by atoms with Crippen LogP contribution in [-0.2, 0) is 6.42 Å². The molecule has 2 aromatic carbocycles. The summed E-state index contributed by atoms with van der Waals surface area (Å²) in [6.45, 7) is 1.90. The van der Waals surface area contributed by atoms with Gasteiger partial charge in [0.15, 0.2) is 5.78 Å². The van der Waals surface area contributed by atoms with E-state index in [1.165, 1.54) is 19.2 Å². The lowest BCUT2D eigenvalue weighted by Crippen LogP contribution is -2.06. The van der Waals surface area contributed by atoms with Crippen LogP contribution < -0.4 is 4.74 Å². The van der Waals surface area contributed by atoms with E-state index in [-0.39, 0.29) is 17.9 Å². The third-order valence-corrected chi connectivity index (χ3v) is 3.17. The molecular formula is C16H15NO4. The molecule has 0 unspecified atom stereocenters. The molecule has 2 aromatic rings. The minimum atomic E-state index is -0.463. The van der Waals surface area contributed by atoms with E-state index in [2.05, 4.69) is 0 Å². The molecule has 2 rings (SSSR count). The number of carbonyl (C=O) groups excluding carboxylic acids is 1. The van der Waals surface area contributed by atoms with Gasteiger partial charge in [0.25, 0.3) is 5.69 Å². The molecule has 0 aliphatic carbocycles. The molecule has 0 aliphatic rings. The summed E-state index contributed by atoms with van der Waals surface area (Å²) in [6.07, 6.45) is 0.178. The number of ether oxygens (including phenoxy) is 1. The fourth-order valence-electron chi connectivity index (χ4n) is 2.06. The summed E-state index contributed by atoms with van der Waals surface area (Å²) in [6, 6.07) is 11.4. The van der Waals surface area contributed by atoms with Gasteiger partial charge in [-0.25, -0.2) is 0 Å². The summed E-state index contributed by atoms with van der Waals surface area (Å²) in [7, 11) is 1.52. The Morgan fingerprint density at radius 2 is 1.86 bits per heavy atom. The average Bonchev–Trinajstić information content (AvgIpc) is 2.47. The molecule has 0 amide bonds. The van der Waals surface area contributed by atoms with Gasteiger partial charge in [-0.2, -0.15) is 0 Å². The van der Waals surface area contributed by atoms with Crippen LogP contribution in [0.25, 0.3) is 0 Å². The topological polar surface area (TPSA) is 69.4 Å². The van der Waals surface area contributed by atoms with Crippen LogP contribution in [0.1, 0.15) is 21.5 Å². The van der Waals surface area contributed by atoms with Gasteiger partial charge in [0, 0.05) is 18.6 Å². The van der Waals surface area contributed by atoms with Crippen LogP contribution in [0, 0.1) is 17.0 Å². The highest BCUT2D eigenvalue weighted by molar-refractivity contribution is 6.00. The fourth-order valence-corrected chi connectivity index (χ4v) is 2.06. The van der Waals surface area contributed by atoms with Crippen molar-refractivity contribution in [2.45, 2.75) is 13.3 Å². The molecule has 0 N–H and O–H groups in total. The Labute approximate surface area is 122 Å². The van der Waals surface area contributed by atoms with Crippen molar-refractivity contribution in [2.24, 2.45) is 0 Å². The van der Waals surface area contributed by atoms with Crippen LogP contribution in [0.15, 0.2) is 42.5 Å². The second-order valence-corrected chi connectivity index (χ2v) is 4.73. The molecule has 0 saturated heterocycles. The zero-order valence-corrected chi connectivity index (χ0v) is 11.8. The van der Waals surface area contributed by atoms with Gasteiger partial charge in [0.1, 0.15) is 5.75 Å². The maximum absolute atomic E-state index is 12.4. The number of hydrogen-bond acceptors (Lipinski definition) is 4. The summed E-state index contributed by atoms with van der Waals surface area (Å²) < 4.78 is 5.20. The highest BCUT2D eigenvalue weighted by Crippen LogP contribution is 2.22. The Balaban J connectivity index is 2.21. The molecule has 0 radical (unpaired) electrons.